The summed E-state index contributed by atoms with van der Waals surface area (Å²) in [7, 11) is -1.83. The van der Waals surface area contributed by atoms with Crippen LogP contribution in [0.1, 0.15) is 5.69 Å². The molecule has 1 rings (SSSR count). The van der Waals surface area contributed by atoms with Gasteiger partial charge in [-0.25, -0.2) is 4.98 Å². The van der Waals surface area contributed by atoms with E-state index in [1.807, 2.05) is 0 Å². The fraction of sp³-hybridized carbons (Fsp3) is 0.167. The molecular formula is C6H7BClNO3. The summed E-state index contributed by atoms with van der Waals surface area (Å²) in [6.07, 6.45) is 0. The molecule has 0 bridgehead atoms. The maximum Gasteiger partial charge on any atom is 0.707 e. The van der Waals surface area contributed by atoms with Crippen molar-refractivity contribution in [3.8, 4) is 5.75 Å². The minimum atomic E-state index is -1.83. The van der Waals surface area contributed by atoms with Gasteiger partial charge in [-0.05, 0) is 19.1 Å². The molecule has 0 spiro atoms. The van der Waals surface area contributed by atoms with Gasteiger partial charge in [-0.3, -0.25) is 0 Å². The van der Waals surface area contributed by atoms with E-state index in [-0.39, 0.29) is 0 Å². The summed E-state index contributed by atoms with van der Waals surface area (Å²) < 4.78 is 4.59. The molecule has 0 aliphatic rings. The highest BCUT2D eigenvalue weighted by atomic mass is 35.5. The Balaban J connectivity index is 2.86. The normalized spacial score (nSPS) is 9.67. The Morgan fingerprint density at radius 3 is 2.67 bits per heavy atom. The van der Waals surface area contributed by atoms with Gasteiger partial charge in [0.1, 0.15) is 10.9 Å². The van der Waals surface area contributed by atoms with Gasteiger partial charge in [-0.15, -0.1) is 0 Å². The molecule has 0 saturated carbocycles. The fourth-order valence-corrected chi connectivity index (χ4v) is 0.946. The average molecular weight is 187 g/mol. The summed E-state index contributed by atoms with van der Waals surface area (Å²) >= 11 is 5.56. The molecule has 1 heterocycles. The van der Waals surface area contributed by atoms with E-state index >= 15 is 0 Å². The third kappa shape index (κ3) is 2.37. The standard InChI is InChI=1S/C6H7BClNO3/c1-4-5(12-7(10)11)2-3-6(8)9-4/h2-3,10-11H,1H3. The first-order chi connectivity index (χ1) is 5.59. The largest absolute Gasteiger partial charge is 0.707 e. The smallest absolute Gasteiger partial charge is 0.510 e. The molecular weight excluding hydrogens is 180 g/mol. The summed E-state index contributed by atoms with van der Waals surface area (Å²) in [6, 6.07) is 3.02. The average Bonchev–Trinajstić information content (AvgIpc) is 1.94. The van der Waals surface area contributed by atoms with Crippen LogP contribution in [0.4, 0.5) is 0 Å². The SMILES string of the molecule is Cc1nc(Cl)ccc1OB(O)O. The quantitative estimate of drug-likeness (QED) is 0.519. The van der Waals surface area contributed by atoms with Crippen molar-refractivity contribution in [3.63, 3.8) is 0 Å². The van der Waals surface area contributed by atoms with Crippen LogP contribution in [0, 0.1) is 6.92 Å². The molecule has 0 saturated heterocycles. The van der Waals surface area contributed by atoms with E-state index in [9.17, 15) is 0 Å². The lowest BCUT2D eigenvalue weighted by Crippen LogP contribution is -2.21. The molecule has 0 amide bonds. The van der Waals surface area contributed by atoms with Gasteiger partial charge < -0.3 is 14.7 Å². The van der Waals surface area contributed by atoms with Gasteiger partial charge in [0.05, 0.1) is 5.69 Å². The summed E-state index contributed by atoms with van der Waals surface area (Å²) in [5, 5.41) is 17.3. The number of rotatable bonds is 2. The second-order valence-corrected chi connectivity index (χ2v) is 2.55. The fourth-order valence-electron chi connectivity index (χ4n) is 0.756. The van der Waals surface area contributed by atoms with E-state index < -0.39 is 7.32 Å². The number of hydrogen-bond donors (Lipinski definition) is 2. The van der Waals surface area contributed by atoms with E-state index in [1.165, 1.54) is 12.1 Å². The molecule has 2 N–H and O–H groups in total. The molecule has 0 aliphatic heterocycles. The Morgan fingerprint density at radius 2 is 2.17 bits per heavy atom. The van der Waals surface area contributed by atoms with Gasteiger partial charge in [0.15, 0.2) is 0 Å². The molecule has 4 nitrogen and oxygen atoms in total. The first-order valence-corrected chi connectivity index (χ1v) is 3.63. The molecule has 0 radical (unpaired) electrons. The van der Waals surface area contributed by atoms with Crippen LogP contribution in [0.5, 0.6) is 5.75 Å². The minimum absolute atomic E-state index is 0.300. The lowest BCUT2D eigenvalue weighted by Gasteiger charge is -2.06. The van der Waals surface area contributed by atoms with Gasteiger partial charge in [0, 0.05) is 0 Å². The van der Waals surface area contributed by atoms with Crippen LogP contribution in [0.2, 0.25) is 5.15 Å². The van der Waals surface area contributed by atoms with E-state index in [0.717, 1.165) is 0 Å². The van der Waals surface area contributed by atoms with Gasteiger partial charge in [0.25, 0.3) is 0 Å². The number of aryl methyl sites for hydroxylation is 1. The van der Waals surface area contributed by atoms with Crippen LogP contribution >= 0.6 is 11.6 Å². The second-order valence-electron chi connectivity index (χ2n) is 2.16. The lowest BCUT2D eigenvalue weighted by molar-refractivity contribution is 0.286. The van der Waals surface area contributed by atoms with E-state index in [2.05, 4.69) is 9.64 Å². The molecule has 1 aromatic rings. The van der Waals surface area contributed by atoms with Gasteiger partial charge in [0.2, 0.25) is 0 Å². The maximum atomic E-state index is 8.47. The zero-order valence-corrected chi connectivity index (χ0v) is 7.12. The van der Waals surface area contributed by atoms with Crippen LogP contribution in [0.3, 0.4) is 0 Å². The Bertz CT molecular complexity index is 281. The summed E-state index contributed by atoms with van der Waals surface area (Å²) in [4.78, 5) is 3.84. The topological polar surface area (TPSA) is 62.6 Å². The molecule has 0 fully saturated rings. The predicted octanol–water partition coefficient (Wildman–Crippen LogP) is 0.392. The van der Waals surface area contributed by atoms with Crippen molar-refractivity contribution in [1.29, 1.82) is 0 Å². The highest BCUT2D eigenvalue weighted by molar-refractivity contribution is 6.33. The van der Waals surface area contributed by atoms with Crippen molar-refractivity contribution in [2.45, 2.75) is 6.92 Å². The summed E-state index contributed by atoms with van der Waals surface area (Å²) in [6.45, 7) is 1.66. The Labute approximate surface area is 74.9 Å². The minimum Gasteiger partial charge on any atom is -0.510 e. The number of nitrogens with zero attached hydrogens (tertiary/aromatic N) is 1. The first kappa shape index (κ1) is 9.31. The van der Waals surface area contributed by atoms with Crippen molar-refractivity contribution >= 4 is 18.9 Å². The molecule has 12 heavy (non-hydrogen) atoms. The van der Waals surface area contributed by atoms with E-state index in [1.54, 1.807) is 6.92 Å². The molecule has 1 aromatic heterocycles. The van der Waals surface area contributed by atoms with Gasteiger partial charge in [-0.2, -0.15) is 0 Å². The maximum absolute atomic E-state index is 8.47. The summed E-state index contributed by atoms with van der Waals surface area (Å²) in [5.41, 5.74) is 0.510. The number of pyridine rings is 1. The Kier molecular flexibility index (Phi) is 2.91. The highest BCUT2D eigenvalue weighted by Gasteiger charge is 2.13. The third-order valence-electron chi connectivity index (χ3n) is 1.24. The predicted molar refractivity (Wildman–Crippen MR) is 44.8 cm³/mol. The van der Waals surface area contributed by atoms with E-state index in [0.29, 0.717) is 16.6 Å². The summed E-state index contributed by atoms with van der Waals surface area (Å²) in [5.74, 6) is 0.300. The van der Waals surface area contributed by atoms with Crippen molar-refractivity contribution in [2.24, 2.45) is 0 Å². The van der Waals surface area contributed by atoms with Crippen LogP contribution in [0.15, 0.2) is 12.1 Å². The second kappa shape index (κ2) is 3.75. The van der Waals surface area contributed by atoms with Gasteiger partial charge in [-0.1, -0.05) is 11.6 Å². The third-order valence-corrected chi connectivity index (χ3v) is 1.45. The number of halogens is 1. The number of hydrogen-bond acceptors (Lipinski definition) is 4. The molecule has 0 unspecified atom stereocenters. The molecule has 0 aliphatic carbocycles. The zero-order valence-electron chi connectivity index (χ0n) is 6.36. The van der Waals surface area contributed by atoms with Crippen molar-refractivity contribution in [2.75, 3.05) is 0 Å². The number of aromatic nitrogens is 1. The Morgan fingerprint density at radius 1 is 1.50 bits per heavy atom. The van der Waals surface area contributed by atoms with Crippen LogP contribution in [0.25, 0.3) is 0 Å². The molecule has 0 atom stereocenters. The Hall–Kier alpha value is -0.775. The van der Waals surface area contributed by atoms with Gasteiger partial charge >= 0.3 is 7.32 Å². The molecule has 6 heteroatoms. The lowest BCUT2D eigenvalue weighted by atomic mass is 10.2. The van der Waals surface area contributed by atoms with Crippen LogP contribution in [-0.4, -0.2) is 22.4 Å². The van der Waals surface area contributed by atoms with Crippen LogP contribution in [-0.2, 0) is 0 Å². The zero-order chi connectivity index (χ0) is 9.14. The highest BCUT2D eigenvalue weighted by Crippen LogP contribution is 2.17. The van der Waals surface area contributed by atoms with Crippen molar-refractivity contribution < 1.29 is 14.7 Å². The first-order valence-electron chi connectivity index (χ1n) is 3.25. The molecule has 64 valence electrons. The van der Waals surface area contributed by atoms with E-state index in [4.69, 9.17) is 21.6 Å². The molecule has 0 aromatic carbocycles. The van der Waals surface area contributed by atoms with Crippen LogP contribution < -0.4 is 4.65 Å². The monoisotopic (exact) mass is 187 g/mol. The van der Waals surface area contributed by atoms with Crippen molar-refractivity contribution in [1.82, 2.24) is 4.98 Å². The van der Waals surface area contributed by atoms with Crippen molar-refractivity contribution in [3.05, 3.63) is 23.0 Å².